The summed E-state index contributed by atoms with van der Waals surface area (Å²) in [4.78, 5) is 17.1. The van der Waals surface area contributed by atoms with Crippen molar-refractivity contribution in [3.8, 4) is 28.5 Å². The first-order valence-corrected chi connectivity index (χ1v) is 11.4. The number of nitrogens with zero attached hydrogens (tertiary/aromatic N) is 1. The van der Waals surface area contributed by atoms with Crippen LogP contribution in [0.5, 0.6) is 17.2 Å². The molecule has 2 N–H and O–H groups in total. The monoisotopic (exact) mass is 471 g/mol. The fraction of sp³-hybridized carbons (Fsp3) is 0.261. The number of carbonyl (C=O) groups excluding carboxylic acids is 1. The van der Waals surface area contributed by atoms with Gasteiger partial charge in [0.1, 0.15) is 5.75 Å². The topological polar surface area (TPSA) is 81.7 Å². The average Bonchev–Trinajstić information content (AvgIpc) is 3.27. The first kappa shape index (κ1) is 23.5. The van der Waals surface area contributed by atoms with Crippen molar-refractivity contribution in [3.63, 3.8) is 0 Å². The number of carbonyl (C=O) groups is 1. The Kier molecular flexibility index (Phi) is 8.41. The maximum atomic E-state index is 12.5. The van der Waals surface area contributed by atoms with Gasteiger partial charge in [-0.25, -0.2) is 4.98 Å². The van der Waals surface area contributed by atoms with E-state index in [4.69, 9.17) is 26.4 Å². The number of anilines is 1. The molecule has 0 spiro atoms. The van der Waals surface area contributed by atoms with Gasteiger partial charge in [-0.3, -0.25) is 10.1 Å². The van der Waals surface area contributed by atoms with E-state index in [0.29, 0.717) is 34.6 Å². The van der Waals surface area contributed by atoms with Gasteiger partial charge in [-0.1, -0.05) is 19.4 Å². The van der Waals surface area contributed by atoms with E-state index in [1.165, 1.54) is 11.3 Å². The summed E-state index contributed by atoms with van der Waals surface area (Å²) in [5.41, 5.74) is 2.10. The lowest BCUT2D eigenvalue weighted by Gasteiger charge is -2.09. The van der Waals surface area contributed by atoms with Crippen molar-refractivity contribution in [3.05, 3.63) is 53.4 Å². The Morgan fingerprint density at radius 2 is 1.94 bits per heavy atom. The van der Waals surface area contributed by atoms with Crippen LogP contribution < -0.4 is 24.8 Å². The summed E-state index contributed by atoms with van der Waals surface area (Å²) in [5, 5.41) is 8.27. The number of unbranched alkanes of at least 4 members (excludes halogenated alkanes) is 1. The number of hydrogen-bond donors (Lipinski definition) is 2. The highest BCUT2D eigenvalue weighted by atomic mass is 32.1. The number of thiazole rings is 1. The summed E-state index contributed by atoms with van der Waals surface area (Å²) in [5.74, 6) is 1.61. The lowest BCUT2D eigenvalue weighted by molar-refractivity contribution is 0.0977. The van der Waals surface area contributed by atoms with Crippen LogP contribution in [0.15, 0.2) is 47.8 Å². The Balaban J connectivity index is 1.61. The van der Waals surface area contributed by atoms with Crippen molar-refractivity contribution in [1.82, 2.24) is 10.3 Å². The molecule has 0 radical (unpaired) electrons. The zero-order chi connectivity index (χ0) is 22.9. The number of hydrogen-bond acceptors (Lipinski definition) is 7. The van der Waals surface area contributed by atoms with Crippen LogP contribution in [0.4, 0.5) is 5.13 Å². The van der Waals surface area contributed by atoms with Gasteiger partial charge in [0.15, 0.2) is 21.7 Å². The van der Waals surface area contributed by atoms with Gasteiger partial charge in [0.05, 0.1) is 26.5 Å². The normalized spacial score (nSPS) is 10.3. The molecule has 1 aromatic heterocycles. The lowest BCUT2D eigenvalue weighted by Crippen LogP contribution is -2.34. The molecular weight excluding hydrogens is 446 g/mol. The summed E-state index contributed by atoms with van der Waals surface area (Å²) >= 11 is 6.66. The fourth-order valence-corrected chi connectivity index (χ4v) is 3.80. The van der Waals surface area contributed by atoms with Gasteiger partial charge in [-0.15, -0.1) is 11.3 Å². The van der Waals surface area contributed by atoms with Gasteiger partial charge in [-0.05, 0) is 55.0 Å². The van der Waals surface area contributed by atoms with E-state index in [9.17, 15) is 4.79 Å². The van der Waals surface area contributed by atoms with Crippen molar-refractivity contribution < 1.29 is 19.0 Å². The van der Waals surface area contributed by atoms with Gasteiger partial charge in [0.2, 0.25) is 0 Å². The molecule has 7 nitrogen and oxygen atoms in total. The minimum Gasteiger partial charge on any atom is -0.494 e. The molecule has 0 unspecified atom stereocenters. The number of benzene rings is 2. The minimum absolute atomic E-state index is 0.167. The molecule has 0 atom stereocenters. The smallest absolute Gasteiger partial charge is 0.257 e. The molecule has 2 aromatic carbocycles. The van der Waals surface area contributed by atoms with Gasteiger partial charge in [0, 0.05) is 16.5 Å². The van der Waals surface area contributed by atoms with Gasteiger partial charge in [0.25, 0.3) is 5.91 Å². The third-order valence-corrected chi connectivity index (χ3v) is 5.46. The Morgan fingerprint density at radius 1 is 1.12 bits per heavy atom. The molecule has 3 aromatic rings. The van der Waals surface area contributed by atoms with E-state index in [-0.39, 0.29) is 11.0 Å². The molecule has 1 amide bonds. The molecule has 0 saturated heterocycles. The van der Waals surface area contributed by atoms with Crippen LogP contribution in [0.3, 0.4) is 0 Å². The van der Waals surface area contributed by atoms with Crippen molar-refractivity contribution in [2.45, 2.75) is 19.8 Å². The molecule has 9 heteroatoms. The number of nitrogens with one attached hydrogen (secondary N) is 2. The largest absolute Gasteiger partial charge is 0.494 e. The van der Waals surface area contributed by atoms with Crippen molar-refractivity contribution in [1.29, 1.82) is 0 Å². The van der Waals surface area contributed by atoms with E-state index in [1.54, 1.807) is 32.4 Å². The fourth-order valence-electron chi connectivity index (χ4n) is 2.82. The highest BCUT2D eigenvalue weighted by Gasteiger charge is 2.12. The van der Waals surface area contributed by atoms with Crippen molar-refractivity contribution >= 4 is 39.7 Å². The summed E-state index contributed by atoms with van der Waals surface area (Å²) < 4.78 is 16.3. The Labute approximate surface area is 196 Å². The summed E-state index contributed by atoms with van der Waals surface area (Å²) in [7, 11) is 3.18. The zero-order valence-electron chi connectivity index (χ0n) is 18.1. The van der Waals surface area contributed by atoms with Gasteiger partial charge >= 0.3 is 0 Å². The predicted octanol–water partition coefficient (Wildman–Crippen LogP) is 5.13. The van der Waals surface area contributed by atoms with E-state index >= 15 is 0 Å². The van der Waals surface area contributed by atoms with Crippen LogP contribution in [0, 0.1) is 0 Å². The molecule has 168 valence electrons. The van der Waals surface area contributed by atoms with Crippen LogP contribution in [-0.2, 0) is 0 Å². The molecule has 0 saturated carbocycles. The molecule has 0 aliphatic rings. The van der Waals surface area contributed by atoms with Crippen LogP contribution in [-0.4, -0.2) is 36.8 Å². The molecule has 1 heterocycles. The van der Waals surface area contributed by atoms with Crippen LogP contribution in [0.2, 0.25) is 0 Å². The molecule has 3 rings (SSSR count). The van der Waals surface area contributed by atoms with Crippen LogP contribution in [0.1, 0.15) is 30.1 Å². The third kappa shape index (κ3) is 6.18. The second kappa shape index (κ2) is 11.4. The maximum Gasteiger partial charge on any atom is 0.257 e. The first-order valence-electron chi connectivity index (χ1n) is 10.1. The van der Waals surface area contributed by atoms with Gasteiger partial charge < -0.3 is 19.5 Å². The number of amides is 1. The number of ether oxygens (including phenoxy) is 3. The Hall–Kier alpha value is -3.17. The Bertz CT molecular complexity index is 1080. The maximum absolute atomic E-state index is 12.5. The van der Waals surface area contributed by atoms with Crippen LogP contribution >= 0.6 is 23.6 Å². The number of thiocarbonyl (C=S) groups is 1. The molecule has 0 aliphatic heterocycles. The lowest BCUT2D eigenvalue weighted by atomic mass is 10.1. The highest BCUT2D eigenvalue weighted by molar-refractivity contribution is 7.80. The summed E-state index contributed by atoms with van der Waals surface area (Å²) in [6, 6.07) is 12.6. The van der Waals surface area contributed by atoms with E-state index in [0.717, 1.165) is 24.1 Å². The van der Waals surface area contributed by atoms with E-state index in [1.807, 2.05) is 29.6 Å². The molecule has 0 aliphatic carbocycles. The zero-order valence-corrected chi connectivity index (χ0v) is 19.8. The van der Waals surface area contributed by atoms with E-state index < -0.39 is 0 Å². The number of methoxy groups -OCH3 is 2. The standard InChI is InChI=1S/C23H25N3O4S2/c1-4-5-11-30-17-8-6-7-16(12-17)21(27)25-22(31)26-23-24-18(14-32-23)15-9-10-19(28-2)20(13-15)29-3/h6-10,12-14H,4-5,11H2,1-3H3,(H2,24,25,26,27,31). The SMILES string of the molecule is CCCCOc1cccc(C(=O)NC(=S)Nc2nc(-c3ccc(OC)c(OC)c3)cs2)c1. The average molecular weight is 472 g/mol. The van der Waals surface area contributed by atoms with Crippen molar-refractivity contribution in [2.24, 2.45) is 0 Å². The number of rotatable bonds is 9. The quantitative estimate of drug-likeness (QED) is 0.331. The van der Waals surface area contributed by atoms with E-state index in [2.05, 4.69) is 22.5 Å². The van der Waals surface area contributed by atoms with Crippen LogP contribution in [0.25, 0.3) is 11.3 Å². The second-order valence-electron chi connectivity index (χ2n) is 6.75. The molecule has 0 fully saturated rings. The summed E-state index contributed by atoms with van der Waals surface area (Å²) in [6.45, 7) is 2.72. The Morgan fingerprint density at radius 3 is 2.69 bits per heavy atom. The number of aromatic nitrogens is 1. The molecular formula is C23H25N3O4S2. The highest BCUT2D eigenvalue weighted by Crippen LogP contribution is 2.33. The molecule has 0 bridgehead atoms. The second-order valence-corrected chi connectivity index (χ2v) is 8.01. The van der Waals surface area contributed by atoms with Crippen molar-refractivity contribution in [2.75, 3.05) is 26.1 Å². The third-order valence-electron chi connectivity index (χ3n) is 4.49. The molecule has 32 heavy (non-hydrogen) atoms. The van der Waals surface area contributed by atoms with Gasteiger partial charge in [-0.2, -0.15) is 0 Å². The first-order chi connectivity index (χ1) is 15.5. The minimum atomic E-state index is -0.319. The summed E-state index contributed by atoms with van der Waals surface area (Å²) in [6.07, 6.45) is 2.01. The predicted molar refractivity (Wildman–Crippen MR) is 131 cm³/mol.